The van der Waals surface area contributed by atoms with Crippen LogP contribution in [-0.2, 0) is 11.3 Å². The summed E-state index contributed by atoms with van der Waals surface area (Å²) in [6, 6.07) is 8.49. The number of thiophene rings is 1. The Morgan fingerprint density at radius 2 is 2.07 bits per heavy atom. The van der Waals surface area contributed by atoms with E-state index < -0.39 is 18.3 Å². The minimum Gasteiger partial charge on any atom is -0.433 e. The molecule has 3 aromatic rings. The topological polar surface area (TPSA) is 47.6 Å². The molecule has 0 aliphatic rings. The zero-order valence-corrected chi connectivity index (χ0v) is 15.5. The van der Waals surface area contributed by atoms with Crippen LogP contribution in [0, 0.1) is 5.82 Å². The van der Waals surface area contributed by atoms with Crippen molar-refractivity contribution in [2.24, 2.45) is 0 Å². The van der Waals surface area contributed by atoms with Crippen LogP contribution in [0.2, 0.25) is 5.02 Å². The Labute approximate surface area is 161 Å². The fraction of sp³-hybridized carbons (Fsp3) is 0.167. The normalized spacial score (nSPS) is 11.2. The standard InChI is InChI=1S/C18H13ClF3NO3S/c1-25-8-10-15-12(20)3-2-4-14(15)27-16(10)17(24)23-9-5-6-13(11(19)7-9)26-18(21)22/h2-7,18H,8H2,1H3,(H,23,24). The molecule has 1 amide bonds. The van der Waals surface area contributed by atoms with Crippen molar-refractivity contribution in [1.82, 2.24) is 0 Å². The quantitative estimate of drug-likeness (QED) is 0.562. The smallest absolute Gasteiger partial charge is 0.387 e. The molecule has 0 atom stereocenters. The summed E-state index contributed by atoms with van der Waals surface area (Å²) in [5, 5.41) is 2.89. The minimum atomic E-state index is -3.01. The Hall–Kier alpha value is -2.29. The number of alkyl halides is 2. The van der Waals surface area contributed by atoms with Crippen LogP contribution in [-0.4, -0.2) is 19.6 Å². The molecule has 0 saturated heterocycles. The van der Waals surface area contributed by atoms with Crippen molar-refractivity contribution in [2.45, 2.75) is 13.2 Å². The predicted molar refractivity (Wildman–Crippen MR) is 98.5 cm³/mol. The van der Waals surface area contributed by atoms with Gasteiger partial charge >= 0.3 is 6.61 Å². The first-order chi connectivity index (χ1) is 12.9. The van der Waals surface area contributed by atoms with E-state index in [1.54, 1.807) is 12.1 Å². The van der Waals surface area contributed by atoms with E-state index in [1.807, 2.05) is 0 Å². The summed E-state index contributed by atoms with van der Waals surface area (Å²) in [6.45, 7) is -2.95. The van der Waals surface area contributed by atoms with Crippen molar-refractivity contribution < 1.29 is 27.4 Å². The highest BCUT2D eigenvalue weighted by Gasteiger charge is 2.21. The number of halogens is 4. The minimum absolute atomic E-state index is 0.0611. The maximum Gasteiger partial charge on any atom is 0.387 e. The summed E-state index contributed by atoms with van der Waals surface area (Å²) >= 11 is 7.02. The number of rotatable bonds is 6. The summed E-state index contributed by atoms with van der Waals surface area (Å²) in [4.78, 5) is 13.0. The number of nitrogens with one attached hydrogen (secondary N) is 1. The second-order valence-electron chi connectivity index (χ2n) is 5.43. The van der Waals surface area contributed by atoms with Crippen molar-refractivity contribution in [3.8, 4) is 5.75 Å². The summed E-state index contributed by atoms with van der Waals surface area (Å²) in [5.41, 5.74) is 0.727. The van der Waals surface area contributed by atoms with Crippen LogP contribution in [0.1, 0.15) is 15.2 Å². The number of carbonyl (C=O) groups is 1. The molecule has 4 nitrogen and oxygen atoms in total. The maximum absolute atomic E-state index is 14.2. The lowest BCUT2D eigenvalue weighted by Crippen LogP contribution is -2.12. The molecule has 0 spiro atoms. The van der Waals surface area contributed by atoms with Crippen LogP contribution in [0.5, 0.6) is 5.75 Å². The average molecular weight is 416 g/mol. The number of methoxy groups -OCH3 is 1. The largest absolute Gasteiger partial charge is 0.433 e. The van der Waals surface area contributed by atoms with Crippen LogP contribution in [0.3, 0.4) is 0 Å². The van der Waals surface area contributed by atoms with Gasteiger partial charge in [-0.3, -0.25) is 4.79 Å². The Morgan fingerprint density at radius 1 is 1.30 bits per heavy atom. The van der Waals surface area contributed by atoms with Gasteiger partial charge in [-0.25, -0.2) is 4.39 Å². The molecule has 0 fully saturated rings. The Morgan fingerprint density at radius 3 is 2.74 bits per heavy atom. The van der Waals surface area contributed by atoms with Gasteiger partial charge in [0.25, 0.3) is 5.91 Å². The number of ether oxygens (including phenoxy) is 2. The predicted octanol–water partition coefficient (Wildman–Crippen LogP) is 5.69. The molecule has 0 saturated carbocycles. The zero-order chi connectivity index (χ0) is 19.6. The molecule has 0 radical (unpaired) electrons. The van der Waals surface area contributed by atoms with Gasteiger partial charge in [0.15, 0.2) is 0 Å². The number of carbonyl (C=O) groups excluding carboxylic acids is 1. The molecule has 1 aromatic heterocycles. The molecule has 27 heavy (non-hydrogen) atoms. The third-order valence-corrected chi connectivity index (χ3v) is 5.16. The monoisotopic (exact) mass is 415 g/mol. The molecular weight excluding hydrogens is 403 g/mol. The Kier molecular flexibility index (Phi) is 5.88. The lowest BCUT2D eigenvalue weighted by atomic mass is 10.1. The van der Waals surface area contributed by atoms with E-state index in [-0.39, 0.29) is 23.1 Å². The van der Waals surface area contributed by atoms with Gasteiger partial charge in [-0.2, -0.15) is 8.78 Å². The summed E-state index contributed by atoms with van der Waals surface area (Å²) in [6.07, 6.45) is 0. The van der Waals surface area contributed by atoms with Crippen molar-refractivity contribution in [2.75, 3.05) is 12.4 Å². The highest BCUT2D eigenvalue weighted by Crippen LogP contribution is 2.35. The molecule has 0 bridgehead atoms. The molecule has 0 aliphatic carbocycles. The van der Waals surface area contributed by atoms with Crippen LogP contribution < -0.4 is 10.1 Å². The third kappa shape index (κ3) is 4.18. The molecule has 142 valence electrons. The number of amides is 1. The van der Waals surface area contributed by atoms with Gasteiger partial charge in [-0.1, -0.05) is 17.7 Å². The number of hydrogen-bond donors (Lipinski definition) is 1. The highest BCUT2D eigenvalue weighted by molar-refractivity contribution is 7.21. The molecule has 0 aliphatic heterocycles. The molecule has 1 heterocycles. The third-order valence-electron chi connectivity index (χ3n) is 3.66. The molecule has 2 aromatic carbocycles. The molecule has 1 N–H and O–H groups in total. The zero-order valence-electron chi connectivity index (χ0n) is 13.9. The lowest BCUT2D eigenvalue weighted by Gasteiger charge is -2.10. The van der Waals surface area contributed by atoms with Crippen molar-refractivity contribution in [1.29, 1.82) is 0 Å². The SMILES string of the molecule is COCc1c(C(=O)Nc2ccc(OC(F)F)c(Cl)c2)sc2cccc(F)c12. The molecule has 9 heteroatoms. The fourth-order valence-electron chi connectivity index (χ4n) is 2.59. The van der Waals surface area contributed by atoms with Crippen molar-refractivity contribution in [3.63, 3.8) is 0 Å². The molecular formula is C18H13ClF3NO3S. The van der Waals surface area contributed by atoms with Gasteiger partial charge in [0.1, 0.15) is 11.6 Å². The highest BCUT2D eigenvalue weighted by atomic mass is 35.5. The van der Waals surface area contributed by atoms with Gasteiger partial charge in [0.2, 0.25) is 0 Å². The van der Waals surface area contributed by atoms with E-state index >= 15 is 0 Å². The first-order valence-electron chi connectivity index (χ1n) is 7.65. The number of benzene rings is 2. The maximum atomic E-state index is 14.2. The number of anilines is 1. The Bertz CT molecular complexity index is 993. The van der Waals surface area contributed by atoms with Crippen molar-refractivity contribution >= 4 is 44.6 Å². The van der Waals surface area contributed by atoms with Gasteiger partial charge in [0.05, 0.1) is 16.5 Å². The van der Waals surface area contributed by atoms with E-state index in [2.05, 4.69) is 10.1 Å². The van der Waals surface area contributed by atoms with E-state index in [0.29, 0.717) is 20.5 Å². The van der Waals surface area contributed by atoms with Crippen LogP contribution in [0.15, 0.2) is 36.4 Å². The van der Waals surface area contributed by atoms with E-state index in [1.165, 1.54) is 31.4 Å². The van der Waals surface area contributed by atoms with Gasteiger partial charge in [0, 0.05) is 28.4 Å². The second-order valence-corrected chi connectivity index (χ2v) is 6.89. The summed E-state index contributed by atoms with van der Waals surface area (Å²) < 4.78 is 48.8. The first kappa shape index (κ1) is 19.5. The van der Waals surface area contributed by atoms with E-state index in [0.717, 1.165) is 11.3 Å². The van der Waals surface area contributed by atoms with Crippen LogP contribution in [0.25, 0.3) is 10.1 Å². The molecule has 3 rings (SSSR count). The fourth-order valence-corrected chi connectivity index (χ4v) is 3.93. The Balaban J connectivity index is 1.91. The van der Waals surface area contributed by atoms with E-state index in [4.69, 9.17) is 16.3 Å². The van der Waals surface area contributed by atoms with Crippen molar-refractivity contribution in [3.05, 3.63) is 57.7 Å². The lowest BCUT2D eigenvalue weighted by molar-refractivity contribution is -0.0497. The first-order valence-corrected chi connectivity index (χ1v) is 8.84. The summed E-state index contributed by atoms with van der Waals surface area (Å²) in [7, 11) is 1.45. The molecule has 0 unspecified atom stereocenters. The second kappa shape index (κ2) is 8.16. The average Bonchev–Trinajstić information content (AvgIpc) is 2.97. The van der Waals surface area contributed by atoms with Gasteiger partial charge in [-0.15, -0.1) is 11.3 Å². The van der Waals surface area contributed by atoms with Gasteiger partial charge in [-0.05, 0) is 30.3 Å². The van der Waals surface area contributed by atoms with Crippen LogP contribution in [0.4, 0.5) is 18.9 Å². The number of hydrogen-bond acceptors (Lipinski definition) is 4. The number of fused-ring (bicyclic) bond motifs is 1. The van der Waals surface area contributed by atoms with E-state index in [9.17, 15) is 18.0 Å². The van der Waals surface area contributed by atoms with Gasteiger partial charge < -0.3 is 14.8 Å². The van der Waals surface area contributed by atoms with Crippen LogP contribution >= 0.6 is 22.9 Å². The summed E-state index contributed by atoms with van der Waals surface area (Å²) in [5.74, 6) is -1.12.